The minimum atomic E-state index is -5.87. The smallest absolute Gasteiger partial charge is 0.411 e. The molecule has 1 heterocycles. The van der Waals surface area contributed by atoms with Crippen molar-refractivity contribution in [3.05, 3.63) is 256 Å². The van der Waals surface area contributed by atoms with Gasteiger partial charge in [0.05, 0.1) is 18.2 Å². The summed E-state index contributed by atoms with van der Waals surface area (Å²) in [6.45, 7) is 3.70. The van der Waals surface area contributed by atoms with Gasteiger partial charge in [0.2, 0.25) is 11.3 Å². The van der Waals surface area contributed by atoms with Gasteiger partial charge in [-0.15, -0.1) is 4.33 Å². The molecule has 0 saturated carbocycles. The van der Waals surface area contributed by atoms with Crippen LogP contribution in [0.3, 0.4) is 0 Å². The van der Waals surface area contributed by atoms with E-state index in [0.717, 1.165) is 47.7 Å². The van der Waals surface area contributed by atoms with Crippen LogP contribution >= 0.6 is 12.0 Å². The Balaban J connectivity index is 0.856. The molecule has 9 rings (SSSR count). The summed E-state index contributed by atoms with van der Waals surface area (Å²) in [4.78, 5) is 43.8. The van der Waals surface area contributed by atoms with Crippen LogP contribution in [0.4, 0.5) is 26.3 Å². The standard InChI is InChI=1S/C61H41F6NO12S2/c1-36-3-6-39(7-4-36)55(69)41-12-22-46(23-13-41)76-48-28-18-44(19-29-48)59(60(62,63)64,61(65,66)67)45-20-30-49(31-21-45)77-47-24-14-42(15-25-47)56(70)40-10-8-38(9-11-40)52-32-5-37(2)33-53(52)57(71)43-16-26-50(27-17-43)78-58-54(81-80-79-72)34-51(35-68-58)82(73,74)75/h3-35,72H,1-2H3,(H,73,74,75). The molecule has 0 atom stereocenters. The molecule has 1 aromatic heterocycles. The normalized spacial score (nSPS) is 11.9. The number of alkyl halides is 6. The maximum Gasteiger partial charge on any atom is 0.411 e. The summed E-state index contributed by atoms with van der Waals surface area (Å²) in [6, 6.07) is 44.0. The zero-order chi connectivity index (χ0) is 58.6. The number of aromatic nitrogens is 1. The molecule has 8 aromatic carbocycles. The number of ketones is 3. The summed E-state index contributed by atoms with van der Waals surface area (Å²) >= 11 is 0.341. The van der Waals surface area contributed by atoms with Crippen molar-refractivity contribution in [3.8, 4) is 45.8 Å². The Morgan fingerprint density at radius 3 is 1.28 bits per heavy atom. The van der Waals surface area contributed by atoms with Crippen molar-refractivity contribution in [2.45, 2.75) is 41.4 Å². The van der Waals surface area contributed by atoms with Gasteiger partial charge < -0.3 is 14.2 Å². The highest BCUT2D eigenvalue weighted by molar-refractivity contribution is 7.94. The number of carbonyl (C=O) groups excluding carboxylic acids is 3. The molecule has 21 heteroatoms. The van der Waals surface area contributed by atoms with Gasteiger partial charge >= 0.3 is 12.4 Å². The summed E-state index contributed by atoms with van der Waals surface area (Å²) in [5.74, 6) is -0.866. The topological polar surface area (TPSA) is 185 Å². The molecule has 0 aliphatic heterocycles. The lowest BCUT2D eigenvalue weighted by Gasteiger charge is -2.38. The number of ether oxygens (including phenoxy) is 3. The Kier molecular flexibility index (Phi) is 16.6. The second-order valence-corrected chi connectivity index (χ2v) is 20.5. The molecule has 0 fully saturated rings. The number of nitrogens with zero attached hydrogens (tertiary/aromatic N) is 1. The quantitative estimate of drug-likeness (QED) is 0.0195. The molecular weight excluding hydrogens is 1120 g/mol. The van der Waals surface area contributed by atoms with Crippen LogP contribution in [0.1, 0.15) is 70.0 Å². The Hall–Kier alpha value is -8.96. The van der Waals surface area contributed by atoms with Crippen molar-refractivity contribution in [2.24, 2.45) is 0 Å². The van der Waals surface area contributed by atoms with E-state index >= 15 is 26.3 Å². The number of benzene rings is 8. The van der Waals surface area contributed by atoms with E-state index in [0.29, 0.717) is 64.1 Å². The van der Waals surface area contributed by atoms with Crippen LogP contribution in [-0.2, 0) is 24.9 Å². The van der Waals surface area contributed by atoms with Crippen LogP contribution in [0.25, 0.3) is 11.1 Å². The number of hydrogen-bond acceptors (Lipinski definition) is 13. The highest BCUT2D eigenvalue weighted by atomic mass is 32.2. The first-order chi connectivity index (χ1) is 39.0. The average Bonchev–Trinajstić information content (AvgIpc) is 3.21. The maximum absolute atomic E-state index is 15.1. The second-order valence-electron chi connectivity index (χ2n) is 18.3. The number of halogens is 6. The van der Waals surface area contributed by atoms with Gasteiger partial charge in [-0.25, -0.2) is 10.2 Å². The van der Waals surface area contributed by atoms with Crippen molar-refractivity contribution in [1.29, 1.82) is 0 Å². The monoisotopic (exact) mass is 1160 g/mol. The number of carbonyl (C=O) groups is 3. The van der Waals surface area contributed by atoms with E-state index in [4.69, 9.17) is 19.5 Å². The average molecular weight is 1160 g/mol. The van der Waals surface area contributed by atoms with Crippen molar-refractivity contribution >= 4 is 39.5 Å². The molecule has 0 aliphatic carbocycles. The van der Waals surface area contributed by atoms with Crippen LogP contribution in [0, 0.1) is 13.8 Å². The predicted molar refractivity (Wildman–Crippen MR) is 288 cm³/mol. The first kappa shape index (κ1) is 57.7. The number of pyridine rings is 1. The first-order valence-corrected chi connectivity index (χ1v) is 26.4. The van der Waals surface area contributed by atoms with Gasteiger partial charge in [0.1, 0.15) is 38.5 Å². The summed E-state index contributed by atoms with van der Waals surface area (Å²) in [5, 5.41) is 12.2. The van der Waals surface area contributed by atoms with Crippen LogP contribution in [0.2, 0.25) is 0 Å². The molecule has 0 saturated heterocycles. The van der Waals surface area contributed by atoms with Crippen molar-refractivity contribution in [1.82, 2.24) is 4.98 Å². The molecule has 0 amide bonds. The lowest BCUT2D eigenvalue weighted by atomic mass is 9.73. The number of aryl methyl sites for hydroxylation is 2. The van der Waals surface area contributed by atoms with E-state index in [1.165, 1.54) is 72.8 Å². The van der Waals surface area contributed by atoms with E-state index < -0.39 is 49.7 Å². The molecule has 82 heavy (non-hydrogen) atoms. The molecular formula is C61H41F6NO12S2. The van der Waals surface area contributed by atoms with E-state index in [9.17, 15) is 27.4 Å². The molecule has 0 aliphatic rings. The van der Waals surface area contributed by atoms with E-state index in [1.54, 1.807) is 60.7 Å². The third kappa shape index (κ3) is 12.5. The number of hydrogen-bond donors (Lipinski definition) is 2. The lowest BCUT2D eigenvalue weighted by Crippen LogP contribution is -2.54. The van der Waals surface area contributed by atoms with Crippen molar-refractivity contribution < 1.29 is 82.5 Å². The van der Waals surface area contributed by atoms with Crippen LogP contribution < -0.4 is 14.2 Å². The van der Waals surface area contributed by atoms with Crippen molar-refractivity contribution in [3.63, 3.8) is 0 Å². The van der Waals surface area contributed by atoms with Gasteiger partial charge in [-0.3, -0.25) is 18.9 Å². The third-order valence-corrected chi connectivity index (χ3v) is 14.3. The molecule has 9 aromatic rings. The van der Waals surface area contributed by atoms with Crippen LogP contribution in [0.15, 0.2) is 210 Å². The summed E-state index contributed by atoms with van der Waals surface area (Å²) in [7, 11) is -4.65. The molecule has 13 nitrogen and oxygen atoms in total. The highest BCUT2D eigenvalue weighted by Crippen LogP contribution is 2.56. The van der Waals surface area contributed by atoms with Crippen LogP contribution in [-0.4, -0.2) is 52.9 Å². The Labute approximate surface area is 468 Å². The van der Waals surface area contributed by atoms with E-state index in [2.05, 4.69) is 14.4 Å². The second kappa shape index (κ2) is 23.6. The summed E-state index contributed by atoms with van der Waals surface area (Å²) in [5.41, 5.74) is -1.87. The molecule has 416 valence electrons. The largest absolute Gasteiger partial charge is 0.457 e. The molecule has 0 unspecified atom stereocenters. The van der Waals surface area contributed by atoms with E-state index in [1.807, 2.05) is 19.9 Å². The van der Waals surface area contributed by atoms with Gasteiger partial charge in [0, 0.05) is 33.4 Å². The fraction of sp³-hybridized carbons (Fsp3) is 0.0820. The van der Waals surface area contributed by atoms with Gasteiger partial charge in [-0.2, -0.15) is 34.8 Å². The third-order valence-electron chi connectivity index (χ3n) is 12.9. The molecule has 2 N–H and O–H groups in total. The Bertz CT molecular complexity index is 3900. The fourth-order valence-electron chi connectivity index (χ4n) is 8.77. The Morgan fingerprint density at radius 1 is 0.488 bits per heavy atom. The van der Waals surface area contributed by atoms with Gasteiger partial charge in [-0.1, -0.05) is 101 Å². The Morgan fingerprint density at radius 2 is 0.866 bits per heavy atom. The highest BCUT2D eigenvalue weighted by Gasteiger charge is 2.72. The molecule has 0 spiro atoms. The zero-order valence-corrected chi connectivity index (χ0v) is 44.2. The first-order valence-electron chi connectivity index (χ1n) is 24.2. The van der Waals surface area contributed by atoms with E-state index in [-0.39, 0.29) is 67.8 Å². The van der Waals surface area contributed by atoms with Crippen LogP contribution in [0.5, 0.6) is 34.6 Å². The van der Waals surface area contributed by atoms with Gasteiger partial charge in [0.15, 0.2) is 17.3 Å². The fourth-order valence-corrected chi connectivity index (χ4v) is 9.74. The van der Waals surface area contributed by atoms with Gasteiger partial charge in [-0.05, 0) is 145 Å². The predicted octanol–water partition coefficient (Wildman–Crippen LogP) is 15.5. The van der Waals surface area contributed by atoms with Crippen molar-refractivity contribution in [2.75, 3.05) is 0 Å². The minimum absolute atomic E-state index is 0.0539. The van der Waals surface area contributed by atoms with Gasteiger partial charge in [0.25, 0.3) is 10.1 Å². The molecule has 0 radical (unpaired) electrons. The lowest BCUT2D eigenvalue weighted by molar-refractivity contribution is -0.432. The number of rotatable bonds is 19. The molecule has 0 bridgehead atoms. The maximum atomic E-state index is 15.1. The minimum Gasteiger partial charge on any atom is -0.457 e. The zero-order valence-electron chi connectivity index (χ0n) is 42.6. The SMILES string of the molecule is Cc1ccc(C(=O)c2ccc(Oc3ccc(C(c4ccc(Oc5ccc(C(=O)c6ccc(-c7ccc(C)cc7C(=O)c7ccc(Oc8ncc(S(=O)(=O)O)cc8SOOO)cc7)cc6)cc5)cc4)(C(F)(F)F)C(F)(F)F)cc3)cc2)cc1. The summed E-state index contributed by atoms with van der Waals surface area (Å²) < 4.78 is 145. The summed E-state index contributed by atoms with van der Waals surface area (Å²) in [6.07, 6.45) is -10.9.